The molecule has 0 saturated heterocycles. The maximum Gasteiger partial charge on any atom is 0.312 e. The Labute approximate surface area is 106 Å². The SMILES string of the molecule is Cc1ccsc1C(O)C(C)C(=O)OC(C)(C)C. The first-order chi connectivity index (χ1) is 7.72. The Morgan fingerprint density at radius 1 is 1.47 bits per heavy atom. The summed E-state index contributed by atoms with van der Waals surface area (Å²) < 4.78 is 5.26. The lowest BCUT2D eigenvalue weighted by Gasteiger charge is -2.24. The minimum absolute atomic E-state index is 0.363. The molecule has 0 aromatic carbocycles. The molecule has 1 N–H and O–H groups in total. The second-order valence-corrected chi connectivity index (χ2v) is 6.18. The van der Waals surface area contributed by atoms with Crippen LogP contribution in [-0.2, 0) is 9.53 Å². The summed E-state index contributed by atoms with van der Waals surface area (Å²) >= 11 is 1.46. The molecule has 0 aliphatic heterocycles. The van der Waals surface area contributed by atoms with Crippen LogP contribution in [0.4, 0.5) is 0 Å². The predicted molar refractivity (Wildman–Crippen MR) is 69.0 cm³/mol. The number of carbonyl (C=O) groups excluding carboxylic acids is 1. The molecule has 0 bridgehead atoms. The molecule has 0 saturated carbocycles. The van der Waals surface area contributed by atoms with Gasteiger partial charge >= 0.3 is 5.97 Å². The molecule has 4 heteroatoms. The van der Waals surface area contributed by atoms with Crippen molar-refractivity contribution >= 4 is 17.3 Å². The minimum Gasteiger partial charge on any atom is -0.460 e. The van der Waals surface area contributed by atoms with E-state index in [1.807, 2.05) is 39.1 Å². The molecule has 3 nitrogen and oxygen atoms in total. The van der Waals surface area contributed by atoms with E-state index < -0.39 is 17.6 Å². The van der Waals surface area contributed by atoms with Crippen molar-refractivity contribution in [3.05, 3.63) is 21.9 Å². The van der Waals surface area contributed by atoms with Gasteiger partial charge in [0.2, 0.25) is 0 Å². The van der Waals surface area contributed by atoms with Crippen molar-refractivity contribution in [3.63, 3.8) is 0 Å². The lowest BCUT2D eigenvalue weighted by atomic mass is 10.0. The lowest BCUT2D eigenvalue weighted by molar-refractivity contribution is -0.163. The number of rotatable bonds is 3. The van der Waals surface area contributed by atoms with Gasteiger partial charge < -0.3 is 9.84 Å². The van der Waals surface area contributed by atoms with Gasteiger partial charge in [-0.05, 0) is 51.6 Å². The summed E-state index contributed by atoms with van der Waals surface area (Å²) in [6.07, 6.45) is -0.787. The monoisotopic (exact) mass is 256 g/mol. The van der Waals surface area contributed by atoms with Gasteiger partial charge in [0, 0.05) is 4.88 Å². The second-order valence-electron chi connectivity index (χ2n) is 5.23. The summed E-state index contributed by atoms with van der Waals surface area (Å²) in [5.41, 5.74) is 0.494. The molecule has 17 heavy (non-hydrogen) atoms. The van der Waals surface area contributed by atoms with E-state index in [1.54, 1.807) is 6.92 Å². The number of hydrogen-bond donors (Lipinski definition) is 1. The highest BCUT2D eigenvalue weighted by Crippen LogP contribution is 2.30. The van der Waals surface area contributed by atoms with Gasteiger partial charge in [0.25, 0.3) is 0 Å². The summed E-state index contributed by atoms with van der Waals surface area (Å²) in [6, 6.07) is 1.94. The van der Waals surface area contributed by atoms with Gasteiger partial charge in [0.15, 0.2) is 0 Å². The summed E-state index contributed by atoms with van der Waals surface area (Å²) in [4.78, 5) is 12.7. The van der Waals surface area contributed by atoms with Crippen molar-refractivity contribution in [2.24, 2.45) is 5.92 Å². The topological polar surface area (TPSA) is 46.5 Å². The zero-order valence-corrected chi connectivity index (χ0v) is 11.8. The highest BCUT2D eigenvalue weighted by Gasteiger charge is 2.29. The molecular formula is C13H20O3S. The fourth-order valence-electron chi connectivity index (χ4n) is 1.44. The molecular weight excluding hydrogens is 236 g/mol. The number of esters is 1. The van der Waals surface area contributed by atoms with Crippen LogP contribution < -0.4 is 0 Å². The number of aryl methyl sites for hydroxylation is 1. The number of thiophene rings is 1. The van der Waals surface area contributed by atoms with Gasteiger partial charge in [0.05, 0.1) is 5.92 Å². The van der Waals surface area contributed by atoms with Gasteiger partial charge in [-0.2, -0.15) is 0 Å². The predicted octanol–water partition coefficient (Wildman–Crippen LogP) is 3.07. The number of hydrogen-bond acceptors (Lipinski definition) is 4. The average molecular weight is 256 g/mol. The van der Waals surface area contributed by atoms with Crippen molar-refractivity contribution < 1.29 is 14.6 Å². The molecule has 1 rings (SSSR count). The zero-order valence-electron chi connectivity index (χ0n) is 11.0. The Bertz CT molecular complexity index is 390. The standard InChI is InChI=1S/C13H20O3S/c1-8-6-7-17-11(8)10(14)9(2)12(15)16-13(3,4)5/h6-7,9-10,14H,1-5H3. The Kier molecular flexibility index (Phi) is 4.33. The van der Waals surface area contributed by atoms with Crippen LogP contribution in [-0.4, -0.2) is 16.7 Å². The van der Waals surface area contributed by atoms with E-state index >= 15 is 0 Å². The van der Waals surface area contributed by atoms with Gasteiger partial charge in [-0.25, -0.2) is 0 Å². The molecule has 0 aliphatic carbocycles. The molecule has 96 valence electrons. The van der Waals surface area contributed by atoms with E-state index in [4.69, 9.17) is 4.74 Å². The number of aliphatic hydroxyl groups excluding tert-OH is 1. The zero-order chi connectivity index (χ0) is 13.2. The second kappa shape index (κ2) is 5.19. The third-order valence-electron chi connectivity index (χ3n) is 2.42. The van der Waals surface area contributed by atoms with Crippen LogP contribution in [0.15, 0.2) is 11.4 Å². The van der Waals surface area contributed by atoms with Crippen molar-refractivity contribution in [1.82, 2.24) is 0 Å². The Morgan fingerprint density at radius 2 is 2.06 bits per heavy atom. The maximum atomic E-state index is 11.8. The van der Waals surface area contributed by atoms with Crippen LogP contribution in [0.1, 0.15) is 44.2 Å². The van der Waals surface area contributed by atoms with Crippen LogP contribution in [0.3, 0.4) is 0 Å². The van der Waals surface area contributed by atoms with Gasteiger partial charge in [-0.3, -0.25) is 4.79 Å². The largest absolute Gasteiger partial charge is 0.460 e. The maximum absolute atomic E-state index is 11.8. The molecule has 0 radical (unpaired) electrons. The smallest absolute Gasteiger partial charge is 0.312 e. The fraction of sp³-hybridized carbons (Fsp3) is 0.615. The van der Waals surface area contributed by atoms with E-state index in [1.165, 1.54) is 11.3 Å². The summed E-state index contributed by atoms with van der Waals surface area (Å²) in [5.74, 6) is -0.913. The molecule has 2 atom stereocenters. The van der Waals surface area contributed by atoms with Crippen molar-refractivity contribution in [1.29, 1.82) is 0 Å². The van der Waals surface area contributed by atoms with Crippen LogP contribution in [0.2, 0.25) is 0 Å². The normalized spacial score (nSPS) is 15.4. The van der Waals surface area contributed by atoms with E-state index in [2.05, 4.69) is 0 Å². The van der Waals surface area contributed by atoms with Crippen molar-refractivity contribution in [2.45, 2.75) is 46.3 Å². The summed E-state index contributed by atoms with van der Waals surface area (Å²) in [7, 11) is 0. The quantitative estimate of drug-likeness (QED) is 0.845. The third-order valence-corrected chi connectivity index (χ3v) is 3.51. The van der Waals surface area contributed by atoms with Gasteiger partial charge in [0.1, 0.15) is 11.7 Å². The van der Waals surface area contributed by atoms with Gasteiger partial charge in [-0.15, -0.1) is 11.3 Å². The summed E-state index contributed by atoms with van der Waals surface area (Å²) in [6.45, 7) is 9.08. The molecule has 0 spiro atoms. The van der Waals surface area contributed by atoms with E-state index in [9.17, 15) is 9.90 Å². The van der Waals surface area contributed by atoms with Crippen molar-refractivity contribution in [2.75, 3.05) is 0 Å². The first-order valence-corrected chi connectivity index (χ1v) is 6.55. The fourth-order valence-corrected chi connectivity index (χ4v) is 2.45. The number of carbonyl (C=O) groups is 1. The Balaban J connectivity index is 2.74. The molecule has 2 unspecified atom stereocenters. The van der Waals surface area contributed by atoms with E-state index in [0.29, 0.717) is 0 Å². The summed E-state index contributed by atoms with van der Waals surface area (Å²) in [5, 5.41) is 12.0. The highest BCUT2D eigenvalue weighted by molar-refractivity contribution is 7.10. The number of aliphatic hydroxyl groups is 1. The molecule has 0 amide bonds. The Hall–Kier alpha value is -0.870. The highest BCUT2D eigenvalue weighted by atomic mass is 32.1. The van der Waals surface area contributed by atoms with E-state index in [0.717, 1.165) is 10.4 Å². The van der Waals surface area contributed by atoms with Gasteiger partial charge in [-0.1, -0.05) is 0 Å². The van der Waals surface area contributed by atoms with Crippen LogP contribution in [0, 0.1) is 12.8 Å². The lowest BCUT2D eigenvalue weighted by Crippen LogP contribution is -2.30. The van der Waals surface area contributed by atoms with Crippen LogP contribution in [0.25, 0.3) is 0 Å². The van der Waals surface area contributed by atoms with E-state index in [-0.39, 0.29) is 5.97 Å². The molecule has 0 aliphatic rings. The third kappa shape index (κ3) is 3.82. The number of ether oxygens (including phenoxy) is 1. The molecule has 1 aromatic rings. The van der Waals surface area contributed by atoms with Crippen LogP contribution >= 0.6 is 11.3 Å². The first-order valence-electron chi connectivity index (χ1n) is 5.67. The first kappa shape index (κ1) is 14.2. The molecule has 1 heterocycles. The van der Waals surface area contributed by atoms with Crippen LogP contribution in [0.5, 0.6) is 0 Å². The Morgan fingerprint density at radius 3 is 2.47 bits per heavy atom. The average Bonchev–Trinajstić information content (AvgIpc) is 2.59. The van der Waals surface area contributed by atoms with Crippen molar-refractivity contribution in [3.8, 4) is 0 Å². The minimum atomic E-state index is -0.787. The molecule has 0 fully saturated rings. The molecule has 1 aromatic heterocycles.